The van der Waals surface area contributed by atoms with Crippen LogP contribution in [0.15, 0.2) is 36.4 Å². The van der Waals surface area contributed by atoms with Gasteiger partial charge in [0.1, 0.15) is 11.6 Å². The van der Waals surface area contributed by atoms with Crippen molar-refractivity contribution in [3.8, 4) is 17.6 Å². The lowest BCUT2D eigenvalue weighted by molar-refractivity contribution is 0.0727. The number of carbonyl (C=O) groups is 1. The Kier molecular flexibility index (Phi) is 4.69. The van der Waals surface area contributed by atoms with Gasteiger partial charge in [-0.3, -0.25) is 0 Å². The first-order chi connectivity index (χ1) is 10.5. The van der Waals surface area contributed by atoms with Crippen molar-refractivity contribution in [2.24, 2.45) is 0 Å². The van der Waals surface area contributed by atoms with Crippen molar-refractivity contribution in [1.29, 1.82) is 5.26 Å². The van der Waals surface area contributed by atoms with Gasteiger partial charge < -0.3 is 9.47 Å². The van der Waals surface area contributed by atoms with E-state index in [2.05, 4.69) is 0 Å². The van der Waals surface area contributed by atoms with Crippen molar-refractivity contribution in [2.75, 3.05) is 6.61 Å². The molecular formula is C16H11F2NO3. The van der Waals surface area contributed by atoms with Crippen LogP contribution in [0.1, 0.15) is 22.8 Å². The van der Waals surface area contributed by atoms with E-state index in [1.54, 1.807) is 6.92 Å². The number of carbonyl (C=O) groups excluding carboxylic acids is 1. The summed E-state index contributed by atoms with van der Waals surface area (Å²) in [6, 6.07) is 8.57. The van der Waals surface area contributed by atoms with E-state index in [0.29, 0.717) is 18.2 Å². The van der Waals surface area contributed by atoms with Crippen LogP contribution in [0.2, 0.25) is 0 Å². The molecule has 0 aromatic heterocycles. The summed E-state index contributed by atoms with van der Waals surface area (Å²) in [7, 11) is 0. The number of nitriles is 1. The summed E-state index contributed by atoms with van der Waals surface area (Å²) >= 11 is 0. The molecule has 2 rings (SSSR count). The van der Waals surface area contributed by atoms with E-state index >= 15 is 0 Å². The van der Waals surface area contributed by atoms with Crippen molar-refractivity contribution in [1.82, 2.24) is 0 Å². The Bertz CT molecular complexity index is 733. The van der Waals surface area contributed by atoms with E-state index in [9.17, 15) is 13.6 Å². The second-order valence-corrected chi connectivity index (χ2v) is 4.25. The van der Waals surface area contributed by atoms with Gasteiger partial charge in [-0.1, -0.05) is 0 Å². The Morgan fingerprint density at radius 3 is 2.41 bits per heavy atom. The quantitative estimate of drug-likeness (QED) is 0.641. The molecule has 2 aromatic carbocycles. The number of esters is 1. The summed E-state index contributed by atoms with van der Waals surface area (Å²) in [5, 5.41) is 8.85. The molecule has 0 fully saturated rings. The molecule has 0 N–H and O–H groups in total. The van der Waals surface area contributed by atoms with Crippen LogP contribution in [-0.4, -0.2) is 12.6 Å². The lowest BCUT2D eigenvalue weighted by Crippen LogP contribution is -2.10. The molecule has 0 radical (unpaired) electrons. The normalized spacial score (nSPS) is 9.91. The van der Waals surface area contributed by atoms with Crippen LogP contribution in [0.4, 0.5) is 8.78 Å². The smallest absolute Gasteiger partial charge is 0.343 e. The maximum atomic E-state index is 13.1. The van der Waals surface area contributed by atoms with Gasteiger partial charge in [-0.2, -0.15) is 5.26 Å². The molecule has 0 aliphatic carbocycles. The molecule has 0 spiro atoms. The van der Waals surface area contributed by atoms with Crippen LogP contribution < -0.4 is 9.47 Å². The molecule has 0 bridgehead atoms. The van der Waals surface area contributed by atoms with Gasteiger partial charge in [-0.05, 0) is 31.2 Å². The highest BCUT2D eigenvalue weighted by Crippen LogP contribution is 2.29. The van der Waals surface area contributed by atoms with Crippen LogP contribution in [-0.2, 0) is 0 Å². The second-order valence-electron chi connectivity index (χ2n) is 4.25. The summed E-state index contributed by atoms with van der Waals surface area (Å²) in [4.78, 5) is 12.0. The van der Waals surface area contributed by atoms with Crippen molar-refractivity contribution >= 4 is 5.97 Å². The Labute approximate surface area is 125 Å². The Morgan fingerprint density at radius 1 is 1.14 bits per heavy atom. The van der Waals surface area contributed by atoms with Crippen molar-refractivity contribution in [3.05, 3.63) is 59.2 Å². The average Bonchev–Trinajstić information content (AvgIpc) is 2.48. The number of rotatable bonds is 4. The molecule has 6 heteroatoms. The summed E-state index contributed by atoms with van der Waals surface area (Å²) in [5.74, 6) is -2.42. The summed E-state index contributed by atoms with van der Waals surface area (Å²) in [6.45, 7) is 2.03. The molecule has 0 heterocycles. The van der Waals surface area contributed by atoms with Crippen molar-refractivity contribution in [3.63, 3.8) is 0 Å². The minimum absolute atomic E-state index is 0.0653. The third kappa shape index (κ3) is 3.58. The predicted molar refractivity (Wildman–Crippen MR) is 73.6 cm³/mol. The molecule has 0 amide bonds. The highest BCUT2D eigenvalue weighted by Gasteiger charge is 2.15. The zero-order valence-corrected chi connectivity index (χ0v) is 11.6. The average molecular weight is 303 g/mol. The lowest BCUT2D eigenvalue weighted by atomic mass is 10.2. The highest BCUT2D eigenvalue weighted by atomic mass is 19.1. The Morgan fingerprint density at radius 2 is 1.82 bits per heavy atom. The van der Waals surface area contributed by atoms with Gasteiger partial charge in [0.15, 0.2) is 11.5 Å². The molecule has 0 aliphatic rings. The molecule has 22 heavy (non-hydrogen) atoms. The Hall–Kier alpha value is -2.94. The molecular weight excluding hydrogens is 292 g/mol. The van der Waals surface area contributed by atoms with Gasteiger partial charge in [0, 0.05) is 12.1 Å². The van der Waals surface area contributed by atoms with Crippen LogP contribution in [0.25, 0.3) is 0 Å². The summed E-state index contributed by atoms with van der Waals surface area (Å²) in [5.41, 5.74) is 0.0735. The lowest BCUT2D eigenvalue weighted by Gasteiger charge is -2.11. The minimum Gasteiger partial charge on any atom is -0.490 e. The fourth-order valence-corrected chi connectivity index (χ4v) is 1.76. The van der Waals surface area contributed by atoms with Crippen LogP contribution >= 0.6 is 0 Å². The van der Waals surface area contributed by atoms with Gasteiger partial charge in [0.05, 0.1) is 23.8 Å². The van der Waals surface area contributed by atoms with Crippen molar-refractivity contribution < 1.29 is 23.0 Å². The van der Waals surface area contributed by atoms with E-state index in [1.807, 2.05) is 6.07 Å². The number of halogens is 2. The molecule has 112 valence electrons. The summed E-state index contributed by atoms with van der Waals surface area (Å²) in [6.07, 6.45) is 0. The van der Waals surface area contributed by atoms with E-state index in [0.717, 1.165) is 12.1 Å². The zero-order valence-electron chi connectivity index (χ0n) is 11.6. The van der Waals surface area contributed by atoms with E-state index in [1.165, 1.54) is 18.2 Å². The second kappa shape index (κ2) is 6.68. The topological polar surface area (TPSA) is 59.3 Å². The van der Waals surface area contributed by atoms with Crippen LogP contribution in [0.5, 0.6) is 11.5 Å². The van der Waals surface area contributed by atoms with Gasteiger partial charge in [-0.25, -0.2) is 13.6 Å². The number of hydrogen-bond acceptors (Lipinski definition) is 4. The first-order valence-electron chi connectivity index (χ1n) is 6.38. The number of ether oxygens (including phenoxy) is 2. The molecule has 0 aliphatic heterocycles. The van der Waals surface area contributed by atoms with Gasteiger partial charge in [0.25, 0.3) is 0 Å². The van der Waals surface area contributed by atoms with Gasteiger partial charge in [-0.15, -0.1) is 0 Å². The molecule has 0 saturated heterocycles. The highest BCUT2D eigenvalue weighted by molar-refractivity contribution is 5.91. The molecule has 0 atom stereocenters. The molecule has 0 saturated carbocycles. The third-order valence-corrected chi connectivity index (χ3v) is 2.67. The fraction of sp³-hybridized carbons (Fsp3) is 0.125. The maximum absolute atomic E-state index is 13.1. The molecule has 0 unspecified atom stereocenters. The minimum atomic E-state index is -0.927. The SMILES string of the molecule is CCOc1cc(C#N)ccc1OC(=O)c1cc(F)cc(F)c1. The number of hydrogen-bond donors (Lipinski definition) is 0. The monoisotopic (exact) mass is 303 g/mol. The van der Waals surface area contributed by atoms with Crippen molar-refractivity contribution in [2.45, 2.75) is 6.92 Å². The van der Waals surface area contributed by atoms with Gasteiger partial charge in [0.2, 0.25) is 0 Å². The van der Waals surface area contributed by atoms with Crippen LogP contribution in [0.3, 0.4) is 0 Å². The predicted octanol–water partition coefficient (Wildman–Crippen LogP) is 3.45. The first-order valence-corrected chi connectivity index (χ1v) is 6.38. The number of nitrogens with zero attached hydrogens (tertiary/aromatic N) is 1. The van der Waals surface area contributed by atoms with E-state index in [4.69, 9.17) is 14.7 Å². The van der Waals surface area contributed by atoms with E-state index < -0.39 is 17.6 Å². The third-order valence-electron chi connectivity index (χ3n) is 2.67. The largest absolute Gasteiger partial charge is 0.490 e. The van der Waals surface area contributed by atoms with E-state index in [-0.39, 0.29) is 17.1 Å². The fourth-order valence-electron chi connectivity index (χ4n) is 1.76. The maximum Gasteiger partial charge on any atom is 0.343 e. The Balaban J connectivity index is 2.29. The first kappa shape index (κ1) is 15.4. The standard InChI is InChI=1S/C16H11F2NO3/c1-2-21-15-5-10(9-19)3-4-14(15)22-16(20)11-6-12(17)8-13(18)7-11/h3-8H,2H2,1H3. The van der Waals surface area contributed by atoms with Crippen LogP contribution in [0, 0.1) is 23.0 Å². The molecule has 2 aromatic rings. The summed E-state index contributed by atoms with van der Waals surface area (Å²) < 4.78 is 36.6. The van der Waals surface area contributed by atoms with Gasteiger partial charge >= 0.3 is 5.97 Å². The molecule has 4 nitrogen and oxygen atoms in total. The number of benzene rings is 2. The zero-order chi connectivity index (χ0) is 16.1.